The highest BCUT2D eigenvalue weighted by Gasteiger charge is 2.11. The highest BCUT2D eigenvalue weighted by molar-refractivity contribution is 5.39. The topological polar surface area (TPSA) is 55.0 Å². The van der Waals surface area contributed by atoms with Gasteiger partial charge >= 0.3 is 0 Å². The van der Waals surface area contributed by atoms with Crippen molar-refractivity contribution in [3.63, 3.8) is 0 Å². The Hall–Kier alpha value is -1.16. The third-order valence-electron chi connectivity index (χ3n) is 2.56. The van der Waals surface area contributed by atoms with E-state index in [2.05, 4.69) is 21.8 Å². The van der Waals surface area contributed by atoms with Gasteiger partial charge in [-0.1, -0.05) is 0 Å². The maximum Gasteiger partial charge on any atom is 0.132 e. The second-order valence-corrected chi connectivity index (χ2v) is 3.95. The lowest BCUT2D eigenvalue weighted by molar-refractivity contribution is 0.627. The first-order chi connectivity index (χ1) is 7.04. The van der Waals surface area contributed by atoms with Crippen molar-refractivity contribution < 1.29 is 0 Å². The molecule has 1 heterocycles. The van der Waals surface area contributed by atoms with Gasteiger partial charge in [-0.15, -0.1) is 0 Å². The maximum absolute atomic E-state index is 5.55. The molecule has 0 radical (unpaired) electrons. The van der Waals surface area contributed by atoms with E-state index in [0.29, 0.717) is 12.6 Å². The summed E-state index contributed by atoms with van der Waals surface area (Å²) in [5, 5.41) is 0. The van der Waals surface area contributed by atoms with Crippen LogP contribution in [-0.4, -0.2) is 29.6 Å². The Morgan fingerprint density at radius 1 is 1.40 bits per heavy atom. The van der Waals surface area contributed by atoms with Crippen LogP contribution < -0.4 is 10.6 Å². The van der Waals surface area contributed by atoms with Gasteiger partial charge in [0.2, 0.25) is 0 Å². The second-order valence-electron chi connectivity index (χ2n) is 3.95. The van der Waals surface area contributed by atoms with Crippen LogP contribution in [0.2, 0.25) is 0 Å². The van der Waals surface area contributed by atoms with Gasteiger partial charge in [0.1, 0.15) is 11.6 Å². The minimum absolute atomic E-state index is 0.406. The Labute approximate surface area is 91.5 Å². The third-order valence-corrected chi connectivity index (χ3v) is 2.56. The number of aromatic nitrogens is 2. The van der Waals surface area contributed by atoms with Gasteiger partial charge in [0.25, 0.3) is 0 Å². The average molecular weight is 208 g/mol. The zero-order valence-corrected chi connectivity index (χ0v) is 9.99. The van der Waals surface area contributed by atoms with Crippen molar-refractivity contribution in [1.82, 2.24) is 9.97 Å². The number of nitrogens with zero attached hydrogens (tertiary/aromatic N) is 3. The van der Waals surface area contributed by atoms with Crippen molar-refractivity contribution in [2.45, 2.75) is 33.2 Å². The van der Waals surface area contributed by atoms with E-state index in [9.17, 15) is 0 Å². The van der Waals surface area contributed by atoms with Crippen LogP contribution >= 0.6 is 0 Å². The van der Waals surface area contributed by atoms with Crippen LogP contribution in [0.4, 0.5) is 5.82 Å². The second kappa shape index (κ2) is 5.07. The van der Waals surface area contributed by atoms with Crippen molar-refractivity contribution in [2.75, 3.05) is 18.5 Å². The molecular weight excluding hydrogens is 188 g/mol. The molecule has 15 heavy (non-hydrogen) atoms. The van der Waals surface area contributed by atoms with Crippen molar-refractivity contribution in [2.24, 2.45) is 5.73 Å². The number of nitrogens with two attached hydrogens (primary N) is 1. The fourth-order valence-electron chi connectivity index (χ4n) is 1.54. The minimum Gasteiger partial charge on any atom is -0.357 e. The standard InChI is InChI=1S/C11H20N4/c1-8-7-11(14-10(3)13-8)15(4)9(2)5-6-12/h7,9H,5-6,12H2,1-4H3. The minimum atomic E-state index is 0.406. The summed E-state index contributed by atoms with van der Waals surface area (Å²) in [6.45, 7) is 6.76. The molecule has 0 amide bonds. The summed E-state index contributed by atoms with van der Waals surface area (Å²) >= 11 is 0. The molecule has 0 aromatic carbocycles. The zero-order valence-electron chi connectivity index (χ0n) is 9.99. The number of hydrogen-bond acceptors (Lipinski definition) is 4. The average Bonchev–Trinajstić information content (AvgIpc) is 2.15. The molecule has 0 aliphatic heterocycles. The molecule has 0 saturated carbocycles. The summed E-state index contributed by atoms with van der Waals surface area (Å²) in [5.41, 5.74) is 6.55. The van der Waals surface area contributed by atoms with E-state index in [0.717, 1.165) is 23.8 Å². The molecule has 1 rings (SSSR count). The molecule has 4 nitrogen and oxygen atoms in total. The van der Waals surface area contributed by atoms with Gasteiger partial charge in [-0.25, -0.2) is 9.97 Å². The fourth-order valence-corrected chi connectivity index (χ4v) is 1.54. The SMILES string of the molecule is Cc1cc(N(C)C(C)CCN)nc(C)n1. The molecule has 84 valence electrons. The Morgan fingerprint density at radius 2 is 2.07 bits per heavy atom. The van der Waals surface area contributed by atoms with Crippen LogP contribution in [0.1, 0.15) is 24.9 Å². The fraction of sp³-hybridized carbons (Fsp3) is 0.636. The van der Waals surface area contributed by atoms with Gasteiger partial charge in [0, 0.05) is 24.8 Å². The summed E-state index contributed by atoms with van der Waals surface area (Å²) in [5.74, 6) is 1.79. The van der Waals surface area contributed by atoms with E-state index in [1.54, 1.807) is 0 Å². The number of rotatable bonds is 4. The van der Waals surface area contributed by atoms with E-state index in [1.165, 1.54) is 0 Å². The lowest BCUT2D eigenvalue weighted by atomic mass is 10.2. The maximum atomic E-state index is 5.55. The quantitative estimate of drug-likeness (QED) is 0.809. The van der Waals surface area contributed by atoms with Gasteiger partial charge in [-0.2, -0.15) is 0 Å². The Bertz CT molecular complexity index is 304. The van der Waals surface area contributed by atoms with Crippen molar-refractivity contribution >= 4 is 5.82 Å². The van der Waals surface area contributed by atoms with Crippen LogP contribution in [0, 0.1) is 13.8 Å². The van der Waals surface area contributed by atoms with Crippen molar-refractivity contribution in [3.8, 4) is 0 Å². The molecule has 0 fully saturated rings. The molecule has 4 heteroatoms. The van der Waals surface area contributed by atoms with Crippen LogP contribution in [-0.2, 0) is 0 Å². The Kier molecular flexibility index (Phi) is 4.03. The van der Waals surface area contributed by atoms with Crippen LogP contribution in [0.25, 0.3) is 0 Å². The Morgan fingerprint density at radius 3 is 2.60 bits per heavy atom. The zero-order chi connectivity index (χ0) is 11.4. The molecule has 0 aliphatic carbocycles. The van der Waals surface area contributed by atoms with E-state index in [4.69, 9.17) is 5.73 Å². The molecule has 1 aromatic heterocycles. The van der Waals surface area contributed by atoms with Crippen LogP contribution in [0.3, 0.4) is 0 Å². The molecule has 2 N–H and O–H groups in total. The number of aryl methyl sites for hydroxylation is 2. The molecule has 0 saturated heterocycles. The molecule has 1 aromatic rings. The number of anilines is 1. The van der Waals surface area contributed by atoms with E-state index < -0.39 is 0 Å². The molecule has 0 spiro atoms. The van der Waals surface area contributed by atoms with E-state index in [-0.39, 0.29) is 0 Å². The van der Waals surface area contributed by atoms with Gasteiger partial charge in [0.15, 0.2) is 0 Å². The predicted octanol–water partition coefficient (Wildman–Crippen LogP) is 1.27. The van der Waals surface area contributed by atoms with Crippen LogP contribution in [0.15, 0.2) is 6.07 Å². The highest BCUT2D eigenvalue weighted by Crippen LogP contribution is 2.14. The van der Waals surface area contributed by atoms with Crippen molar-refractivity contribution in [3.05, 3.63) is 17.6 Å². The van der Waals surface area contributed by atoms with Crippen molar-refractivity contribution in [1.29, 1.82) is 0 Å². The predicted molar refractivity (Wildman–Crippen MR) is 63.0 cm³/mol. The molecule has 1 unspecified atom stereocenters. The smallest absolute Gasteiger partial charge is 0.132 e. The highest BCUT2D eigenvalue weighted by atomic mass is 15.2. The van der Waals surface area contributed by atoms with E-state index >= 15 is 0 Å². The number of hydrogen-bond donors (Lipinski definition) is 1. The summed E-state index contributed by atoms with van der Waals surface area (Å²) in [6, 6.07) is 2.41. The summed E-state index contributed by atoms with van der Waals surface area (Å²) in [7, 11) is 2.04. The van der Waals surface area contributed by atoms with Gasteiger partial charge < -0.3 is 10.6 Å². The molecule has 1 atom stereocenters. The first kappa shape index (κ1) is 11.9. The lowest BCUT2D eigenvalue weighted by Gasteiger charge is -2.25. The van der Waals surface area contributed by atoms with E-state index in [1.807, 2.05) is 27.0 Å². The molecule has 0 bridgehead atoms. The van der Waals surface area contributed by atoms with Gasteiger partial charge in [-0.05, 0) is 33.7 Å². The summed E-state index contributed by atoms with van der Waals surface area (Å²) in [4.78, 5) is 10.8. The Balaban J connectivity index is 2.85. The first-order valence-electron chi connectivity index (χ1n) is 5.29. The summed E-state index contributed by atoms with van der Waals surface area (Å²) in [6.07, 6.45) is 0.971. The normalized spacial score (nSPS) is 12.6. The monoisotopic (exact) mass is 208 g/mol. The van der Waals surface area contributed by atoms with Crippen LogP contribution in [0.5, 0.6) is 0 Å². The van der Waals surface area contributed by atoms with Gasteiger partial charge in [0.05, 0.1) is 0 Å². The third kappa shape index (κ3) is 3.16. The van der Waals surface area contributed by atoms with Gasteiger partial charge in [-0.3, -0.25) is 0 Å². The lowest BCUT2D eigenvalue weighted by Crippen LogP contribution is -2.31. The first-order valence-corrected chi connectivity index (χ1v) is 5.29. The largest absolute Gasteiger partial charge is 0.357 e. The summed E-state index contributed by atoms with van der Waals surface area (Å²) < 4.78 is 0. The molecule has 0 aliphatic rings. The molecular formula is C11H20N4.